The molecule has 7 heteroatoms. The summed E-state index contributed by atoms with van der Waals surface area (Å²) in [7, 11) is 3.58. The molecule has 0 spiro atoms. The fourth-order valence-electron chi connectivity index (χ4n) is 4.45. The van der Waals surface area contributed by atoms with Gasteiger partial charge in [-0.3, -0.25) is 14.4 Å². The van der Waals surface area contributed by atoms with Crippen LogP contribution in [0.2, 0.25) is 0 Å². The van der Waals surface area contributed by atoms with Crippen molar-refractivity contribution in [2.45, 2.75) is 72.8 Å². The molecule has 35 heavy (non-hydrogen) atoms. The third-order valence-electron chi connectivity index (χ3n) is 6.78. The van der Waals surface area contributed by atoms with Gasteiger partial charge in [0.15, 0.2) is 0 Å². The summed E-state index contributed by atoms with van der Waals surface area (Å²) in [4.78, 5) is 42.9. The number of amides is 2. The first-order valence-corrected chi connectivity index (χ1v) is 13.0. The molecule has 0 radical (unpaired) electrons. The number of rotatable bonds is 10. The van der Waals surface area contributed by atoms with Gasteiger partial charge in [-0.05, 0) is 84.2 Å². The van der Waals surface area contributed by atoms with E-state index in [2.05, 4.69) is 18.7 Å². The molecule has 7 nitrogen and oxygen atoms in total. The van der Waals surface area contributed by atoms with Crippen LogP contribution in [0.5, 0.6) is 5.75 Å². The molecule has 1 unspecified atom stereocenters. The predicted molar refractivity (Wildman–Crippen MR) is 139 cm³/mol. The molecule has 1 atom stereocenters. The lowest BCUT2D eigenvalue weighted by Gasteiger charge is -2.33. The van der Waals surface area contributed by atoms with E-state index in [0.29, 0.717) is 31.3 Å². The van der Waals surface area contributed by atoms with Gasteiger partial charge in [0.05, 0.1) is 5.41 Å². The lowest BCUT2D eigenvalue weighted by Crippen LogP contribution is -2.43. The molecule has 1 aromatic carbocycles. The van der Waals surface area contributed by atoms with Crippen LogP contribution in [-0.4, -0.2) is 78.8 Å². The maximum Gasteiger partial charge on any atom is 0.316 e. The number of piperidine rings is 1. The Morgan fingerprint density at radius 1 is 1.09 bits per heavy atom. The largest absolute Gasteiger partial charge is 0.426 e. The maximum absolute atomic E-state index is 12.7. The van der Waals surface area contributed by atoms with Crippen LogP contribution in [0.15, 0.2) is 24.3 Å². The zero-order valence-electron chi connectivity index (χ0n) is 22.8. The SMILES string of the molecule is CCN(CCCC(=O)N1CCC(C(=O)N(C)C)CC1)C(C)Cc1ccc(OC(=O)C(C)(C)C)cc1. The molecule has 2 rings (SSSR count). The second-order valence-electron chi connectivity index (χ2n) is 11.0. The Morgan fingerprint density at radius 2 is 1.69 bits per heavy atom. The molecule has 196 valence electrons. The Labute approximate surface area is 211 Å². The lowest BCUT2D eigenvalue weighted by molar-refractivity contribution is -0.143. The number of ether oxygens (including phenoxy) is 1. The summed E-state index contributed by atoms with van der Waals surface area (Å²) < 4.78 is 5.46. The molecule has 1 heterocycles. The van der Waals surface area contributed by atoms with Crippen molar-refractivity contribution >= 4 is 17.8 Å². The van der Waals surface area contributed by atoms with Crippen molar-refractivity contribution in [3.8, 4) is 5.75 Å². The van der Waals surface area contributed by atoms with Gasteiger partial charge in [-0.25, -0.2) is 0 Å². The first-order valence-electron chi connectivity index (χ1n) is 13.0. The average molecular weight is 488 g/mol. The molecule has 1 aliphatic heterocycles. The number of nitrogens with zero attached hydrogens (tertiary/aromatic N) is 3. The van der Waals surface area contributed by atoms with E-state index >= 15 is 0 Å². The normalized spacial score (nSPS) is 15.7. The summed E-state index contributed by atoms with van der Waals surface area (Å²) in [6.45, 7) is 13.1. The molecule has 0 aliphatic carbocycles. The van der Waals surface area contributed by atoms with Crippen LogP contribution < -0.4 is 4.74 Å². The highest BCUT2D eigenvalue weighted by Crippen LogP contribution is 2.22. The number of hydrogen-bond donors (Lipinski definition) is 0. The Morgan fingerprint density at radius 3 is 2.20 bits per heavy atom. The van der Waals surface area contributed by atoms with Crippen molar-refractivity contribution in [3.05, 3.63) is 29.8 Å². The number of likely N-dealkylation sites (tertiary alicyclic amines) is 1. The number of benzene rings is 1. The van der Waals surface area contributed by atoms with Crippen LogP contribution in [0.1, 0.15) is 65.9 Å². The molecular weight excluding hydrogens is 442 g/mol. The van der Waals surface area contributed by atoms with Gasteiger partial charge < -0.3 is 19.4 Å². The summed E-state index contributed by atoms with van der Waals surface area (Å²) in [6.07, 6.45) is 3.78. The van der Waals surface area contributed by atoms with Gasteiger partial charge >= 0.3 is 5.97 Å². The van der Waals surface area contributed by atoms with Crippen molar-refractivity contribution in [1.29, 1.82) is 0 Å². The number of hydrogen-bond acceptors (Lipinski definition) is 5. The molecular formula is C28H45N3O4. The predicted octanol–water partition coefficient (Wildman–Crippen LogP) is 4.00. The number of esters is 1. The van der Waals surface area contributed by atoms with Gasteiger partial charge in [-0.15, -0.1) is 0 Å². The zero-order chi connectivity index (χ0) is 26.2. The van der Waals surface area contributed by atoms with E-state index in [1.54, 1.807) is 19.0 Å². The van der Waals surface area contributed by atoms with Gasteiger partial charge in [-0.2, -0.15) is 0 Å². The Kier molecular flexibility index (Phi) is 10.7. The van der Waals surface area contributed by atoms with Gasteiger partial charge in [0.25, 0.3) is 0 Å². The minimum atomic E-state index is -0.530. The average Bonchev–Trinajstić information content (AvgIpc) is 2.81. The van der Waals surface area contributed by atoms with Crippen molar-refractivity contribution in [1.82, 2.24) is 14.7 Å². The van der Waals surface area contributed by atoms with E-state index < -0.39 is 5.41 Å². The van der Waals surface area contributed by atoms with Crippen LogP contribution in [0.3, 0.4) is 0 Å². The molecule has 0 aromatic heterocycles. The van der Waals surface area contributed by atoms with Crippen molar-refractivity contribution in [2.24, 2.45) is 11.3 Å². The molecule has 0 bridgehead atoms. The summed E-state index contributed by atoms with van der Waals surface area (Å²) in [5.74, 6) is 0.749. The molecule has 2 amide bonds. The first-order chi connectivity index (χ1) is 16.4. The minimum Gasteiger partial charge on any atom is -0.426 e. The molecule has 0 saturated carbocycles. The quantitative estimate of drug-likeness (QED) is 0.369. The zero-order valence-corrected chi connectivity index (χ0v) is 22.8. The Bertz CT molecular complexity index is 837. The fourth-order valence-corrected chi connectivity index (χ4v) is 4.45. The Hall–Kier alpha value is -2.41. The smallest absolute Gasteiger partial charge is 0.316 e. The number of carbonyl (C=O) groups is 3. The van der Waals surface area contributed by atoms with Crippen LogP contribution in [0.4, 0.5) is 0 Å². The van der Waals surface area contributed by atoms with Crippen LogP contribution in [0.25, 0.3) is 0 Å². The van der Waals surface area contributed by atoms with E-state index in [-0.39, 0.29) is 23.7 Å². The van der Waals surface area contributed by atoms with Crippen LogP contribution in [-0.2, 0) is 20.8 Å². The van der Waals surface area contributed by atoms with Gasteiger partial charge in [0, 0.05) is 45.6 Å². The van der Waals surface area contributed by atoms with Gasteiger partial charge in [0.1, 0.15) is 5.75 Å². The lowest BCUT2D eigenvalue weighted by atomic mass is 9.95. The van der Waals surface area contributed by atoms with Gasteiger partial charge in [0.2, 0.25) is 11.8 Å². The molecule has 1 aromatic rings. The summed E-state index contributed by atoms with van der Waals surface area (Å²) >= 11 is 0. The summed E-state index contributed by atoms with van der Waals surface area (Å²) in [5.41, 5.74) is 0.662. The monoisotopic (exact) mass is 487 g/mol. The van der Waals surface area contributed by atoms with Crippen LogP contribution >= 0.6 is 0 Å². The van der Waals surface area contributed by atoms with Crippen molar-refractivity contribution in [3.63, 3.8) is 0 Å². The third-order valence-corrected chi connectivity index (χ3v) is 6.78. The van der Waals surface area contributed by atoms with E-state index in [1.165, 1.54) is 5.56 Å². The van der Waals surface area contributed by atoms with E-state index in [4.69, 9.17) is 4.74 Å². The molecule has 1 fully saturated rings. The summed E-state index contributed by atoms with van der Waals surface area (Å²) in [5, 5.41) is 0. The molecule has 0 N–H and O–H groups in total. The highest BCUT2D eigenvalue weighted by molar-refractivity contribution is 5.80. The van der Waals surface area contributed by atoms with Crippen LogP contribution in [0, 0.1) is 11.3 Å². The topological polar surface area (TPSA) is 70.2 Å². The van der Waals surface area contributed by atoms with E-state index in [9.17, 15) is 14.4 Å². The van der Waals surface area contributed by atoms with Gasteiger partial charge in [-0.1, -0.05) is 19.1 Å². The van der Waals surface area contributed by atoms with Crippen molar-refractivity contribution < 1.29 is 19.1 Å². The highest BCUT2D eigenvalue weighted by atomic mass is 16.5. The molecule has 1 saturated heterocycles. The molecule has 1 aliphatic rings. The van der Waals surface area contributed by atoms with E-state index in [0.717, 1.165) is 38.8 Å². The third kappa shape index (κ3) is 8.95. The van der Waals surface area contributed by atoms with E-state index in [1.807, 2.05) is 49.9 Å². The number of likely N-dealkylation sites (N-methyl/N-ethyl adjacent to an activating group) is 1. The number of carbonyl (C=O) groups excluding carboxylic acids is 3. The first kappa shape index (κ1) is 28.8. The standard InChI is InChI=1S/C28H45N3O4/c1-8-30(17-9-10-25(32)31-18-15-23(16-19-31)26(33)29(6)7)21(2)20-22-11-13-24(14-12-22)35-27(34)28(3,4)5/h11-14,21,23H,8-10,15-20H2,1-7H3. The van der Waals surface area contributed by atoms with Crippen molar-refractivity contribution in [2.75, 3.05) is 40.3 Å². The highest BCUT2D eigenvalue weighted by Gasteiger charge is 2.28. The summed E-state index contributed by atoms with van der Waals surface area (Å²) in [6, 6.07) is 8.09. The second-order valence-corrected chi connectivity index (χ2v) is 11.0. The Balaban J connectivity index is 1.76. The maximum atomic E-state index is 12.7. The second kappa shape index (κ2) is 13.1. The fraction of sp³-hybridized carbons (Fsp3) is 0.679. The minimum absolute atomic E-state index is 0.0464.